The van der Waals surface area contributed by atoms with Crippen molar-refractivity contribution < 1.29 is 22.3 Å². The Morgan fingerprint density at radius 1 is 1.00 bits per heavy atom. The Labute approximate surface area is 168 Å². The topological polar surface area (TPSA) is 38.2 Å². The van der Waals surface area contributed by atoms with E-state index in [0.29, 0.717) is 12.8 Å². The van der Waals surface area contributed by atoms with E-state index in [-0.39, 0.29) is 19.0 Å². The summed E-state index contributed by atoms with van der Waals surface area (Å²) in [5.41, 5.74) is 1.00. The lowest BCUT2D eigenvalue weighted by Crippen LogP contribution is -2.34. The number of ether oxygens (including phenoxy) is 1. The van der Waals surface area contributed by atoms with E-state index in [1.165, 1.54) is 16.2 Å². The van der Waals surface area contributed by atoms with Gasteiger partial charge in [0.1, 0.15) is 11.4 Å². The number of rotatable bonds is 4. The van der Waals surface area contributed by atoms with Crippen LogP contribution in [0.3, 0.4) is 0 Å². The van der Waals surface area contributed by atoms with Gasteiger partial charge in [0, 0.05) is 30.0 Å². The molecule has 4 nitrogen and oxygen atoms in total. The van der Waals surface area contributed by atoms with Gasteiger partial charge in [0.15, 0.2) is 0 Å². The molecule has 3 aromatic rings. The average Bonchev–Trinajstić information content (AvgIpc) is 3.23. The maximum atomic E-state index is 14.0. The van der Waals surface area contributed by atoms with E-state index in [1.807, 2.05) is 29.6 Å². The minimum Gasteiger partial charge on any atom is -0.496 e. The molecule has 0 saturated carbocycles. The Balaban J connectivity index is 1.51. The molecular weight excluding hydrogens is 406 g/mol. The summed E-state index contributed by atoms with van der Waals surface area (Å²) in [5, 5.41) is 2.87. The zero-order valence-electron chi connectivity index (χ0n) is 15.5. The van der Waals surface area contributed by atoms with E-state index in [4.69, 9.17) is 9.72 Å². The van der Waals surface area contributed by atoms with Crippen LogP contribution in [0.25, 0.3) is 11.3 Å². The van der Waals surface area contributed by atoms with Gasteiger partial charge in [-0.1, -0.05) is 12.1 Å². The number of methoxy groups -OCH3 is 1. The lowest BCUT2D eigenvalue weighted by Gasteiger charge is -2.33. The normalized spacial score (nSPS) is 15.0. The second kappa shape index (κ2) is 7.98. The summed E-state index contributed by atoms with van der Waals surface area (Å²) in [5.74, 6) is -5.37. The molecule has 3 heterocycles. The highest BCUT2D eigenvalue weighted by Gasteiger charge is 2.30. The molecule has 2 aromatic heterocycles. The molecule has 0 aliphatic carbocycles. The molecule has 152 valence electrons. The highest BCUT2D eigenvalue weighted by molar-refractivity contribution is 7.10. The third-order valence-corrected chi connectivity index (χ3v) is 6.05. The molecule has 0 radical (unpaired) electrons. The maximum absolute atomic E-state index is 14.0. The van der Waals surface area contributed by atoms with Gasteiger partial charge in [-0.3, -0.25) is 0 Å². The van der Waals surface area contributed by atoms with Crippen LogP contribution >= 0.6 is 11.3 Å². The molecule has 1 aliphatic rings. The van der Waals surface area contributed by atoms with Crippen molar-refractivity contribution in [1.29, 1.82) is 0 Å². The number of aromatic nitrogens is 2. The van der Waals surface area contributed by atoms with Crippen molar-refractivity contribution in [3.63, 3.8) is 0 Å². The summed E-state index contributed by atoms with van der Waals surface area (Å²) in [6, 6.07) is 7.58. The summed E-state index contributed by atoms with van der Waals surface area (Å²) < 4.78 is 60.2. The van der Waals surface area contributed by atoms with Gasteiger partial charge in [-0.2, -0.15) is 22.5 Å². The molecule has 29 heavy (non-hydrogen) atoms. The molecule has 0 amide bonds. The zero-order valence-corrected chi connectivity index (χ0v) is 16.3. The first-order valence-corrected chi connectivity index (χ1v) is 9.91. The zero-order chi connectivity index (χ0) is 20.5. The van der Waals surface area contributed by atoms with Crippen molar-refractivity contribution in [1.82, 2.24) is 9.97 Å². The Morgan fingerprint density at radius 3 is 2.31 bits per heavy atom. The van der Waals surface area contributed by atoms with Crippen molar-refractivity contribution in [2.45, 2.75) is 18.8 Å². The molecule has 0 N–H and O–H groups in total. The van der Waals surface area contributed by atoms with Gasteiger partial charge in [0.25, 0.3) is 11.9 Å². The monoisotopic (exact) mass is 423 g/mol. The first-order chi connectivity index (χ1) is 14.0. The van der Waals surface area contributed by atoms with Crippen LogP contribution in [0.4, 0.5) is 23.2 Å². The molecule has 0 unspecified atom stereocenters. The number of benzene rings is 1. The van der Waals surface area contributed by atoms with Crippen molar-refractivity contribution in [3.05, 3.63) is 58.2 Å². The minimum atomic E-state index is -1.64. The SMILES string of the molecule is COc1ccccc1-c1csc(C2CCN(c3c(F)c(F)nc(F)c3F)CC2)n1. The van der Waals surface area contributed by atoms with Crippen molar-refractivity contribution >= 4 is 17.0 Å². The van der Waals surface area contributed by atoms with Crippen LogP contribution in [0, 0.1) is 23.5 Å². The minimum absolute atomic E-state index is 0.0994. The van der Waals surface area contributed by atoms with Crippen molar-refractivity contribution in [2.75, 3.05) is 25.1 Å². The van der Waals surface area contributed by atoms with E-state index in [2.05, 4.69) is 4.98 Å². The highest BCUT2D eigenvalue weighted by atomic mass is 32.1. The largest absolute Gasteiger partial charge is 0.496 e. The van der Waals surface area contributed by atoms with Crippen molar-refractivity contribution in [2.24, 2.45) is 0 Å². The molecule has 0 atom stereocenters. The number of hydrogen-bond donors (Lipinski definition) is 0. The van der Waals surface area contributed by atoms with E-state index >= 15 is 0 Å². The van der Waals surface area contributed by atoms with Crippen LogP contribution < -0.4 is 9.64 Å². The predicted octanol–water partition coefficient (Wildman–Crippen LogP) is 5.15. The molecule has 1 fully saturated rings. The number of piperidine rings is 1. The highest BCUT2D eigenvalue weighted by Crippen LogP contribution is 2.37. The number of thiazole rings is 1. The summed E-state index contributed by atoms with van der Waals surface area (Å²) in [6.07, 6.45) is 1.12. The van der Waals surface area contributed by atoms with Crippen molar-refractivity contribution in [3.8, 4) is 17.0 Å². The van der Waals surface area contributed by atoms with Gasteiger partial charge in [-0.05, 0) is 25.0 Å². The van der Waals surface area contributed by atoms with Gasteiger partial charge in [-0.25, -0.2) is 4.98 Å². The standard InChI is InChI=1S/C20H17F4N3OS/c1-28-14-5-3-2-4-12(14)13-10-29-20(25-13)11-6-8-27(9-7-11)17-15(21)18(23)26-19(24)16(17)22/h2-5,10-11H,6-9H2,1H3. The lowest BCUT2D eigenvalue weighted by molar-refractivity contribution is 0.399. The number of pyridine rings is 1. The first kappa shape index (κ1) is 19.6. The predicted molar refractivity (Wildman–Crippen MR) is 102 cm³/mol. The van der Waals surface area contributed by atoms with Crippen LogP contribution in [0.15, 0.2) is 29.6 Å². The Morgan fingerprint density at radius 2 is 1.66 bits per heavy atom. The van der Waals surface area contributed by atoms with Gasteiger partial charge in [-0.15, -0.1) is 11.3 Å². The van der Waals surface area contributed by atoms with Crippen LogP contribution in [0.2, 0.25) is 0 Å². The fourth-order valence-electron chi connectivity index (χ4n) is 3.56. The number of nitrogens with zero attached hydrogens (tertiary/aromatic N) is 3. The van der Waals surface area contributed by atoms with E-state index in [9.17, 15) is 17.6 Å². The quantitative estimate of drug-likeness (QED) is 0.430. The maximum Gasteiger partial charge on any atom is 0.253 e. The Kier molecular flexibility index (Phi) is 5.40. The third kappa shape index (κ3) is 3.66. The molecule has 4 rings (SSSR count). The summed E-state index contributed by atoms with van der Waals surface area (Å²) >= 11 is 1.52. The van der Waals surface area contributed by atoms with E-state index in [1.54, 1.807) is 7.11 Å². The van der Waals surface area contributed by atoms with Crippen LogP contribution in [-0.4, -0.2) is 30.2 Å². The average molecular weight is 423 g/mol. The number of para-hydroxylation sites is 1. The smallest absolute Gasteiger partial charge is 0.253 e. The molecule has 1 aliphatic heterocycles. The molecule has 0 bridgehead atoms. The van der Waals surface area contributed by atoms with Gasteiger partial charge >= 0.3 is 0 Å². The second-order valence-electron chi connectivity index (χ2n) is 6.70. The van der Waals surface area contributed by atoms with E-state index in [0.717, 1.165) is 22.0 Å². The molecular formula is C20H17F4N3OS. The number of anilines is 1. The first-order valence-electron chi connectivity index (χ1n) is 9.03. The Bertz CT molecular complexity index is 1010. The van der Waals surface area contributed by atoms with Gasteiger partial charge < -0.3 is 9.64 Å². The van der Waals surface area contributed by atoms with Crippen LogP contribution in [0.5, 0.6) is 5.75 Å². The summed E-state index contributed by atoms with van der Waals surface area (Å²) in [4.78, 5) is 8.65. The second-order valence-corrected chi connectivity index (χ2v) is 7.59. The van der Waals surface area contributed by atoms with E-state index < -0.39 is 29.2 Å². The molecule has 9 heteroatoms. The number of hydrogen-bond acceptors (Lipinski definition) is 5. The summed E-state index contributed by atoms with van der Waals surface area (Å²) in [6.45, 7) is 0.510. The fraction of sp³-hybridized carbons (Fsp3) is 0.300. The summed E-state index contributed by atoms with van der Waals surface area (Å²) in [7, 11) is 1.60. The third-order valence-electron chi connectivity index (χ3n) is 5.04. The van der Waals surface area contributed by atoms with Gasteiger partial charge in [0.2, 0.25) is 11.6 Å². The van der Waals surface area contributed by atoms with Crippen LogP contribution in [0.1, 0.15) is 23.8 Å². The fourth-order valence-corrected chi connectivity index (χ4v) is 4.55. The molecule has 1 saturated heterocycles. The van der Waals surface area contributed by atoms with Gasteiger partial charge in [0.05, 0.1) is 17.8 Å². The van der Waals surface area contributed by atoms with Crippen LogP contribution in [-0.2, 0) is 0 Å². The molecule has 1 aromatic carbocycles. The molecule has 0 spiro atoms. The Hall–Kier alpha value is -2.68. The number of halogens is 4. The lowest BCUT2D eigenvalue weighted by atomic mass is 9.97.